The lowest BCUT2D eigenvalue weighted by molar-refractivity contribution is -0.123. The van der Waals surface area contributed by atoms with Crippen LogP contribution in [0.15, 0.2) is 12.3 Å². The highest BCUT2D eigenvalue weighted by atomic mass is 35.5. The van der Waals surface area contributed by atoms with E-state index in [9.17, 15) is 9.59 Å². The molecule has 1 atom stereocenters. The molecule has 122 valence electrons. The molecule has 2 aromatic rings. The topological polar surface area (TPSA) is 81.2 Å². The van der Waals surface area contributed by atoms with Crippen LogP contribution in [-0.4, -0.2) is 27.9 Å². The van der Waals surface area contributed by atoms with Crippen molar-refractivity contribution < 1.29 is 14.3 Å². The quantitative estimate of drug-likeness (QED) is 0.827. The maximum Gasteiger partial charge on any atom is 0.351 e. The fraction of sp³-hybridized carbons (Fsp3) is 0.286. The van der Waals surface area contributed by atoms with Gasteiger partial charge in [-0.05, 0) is 26.8 Å². The van der Waals surface area contributed by atoms with Crippen molar-refractivity contribution in [1.29, 1.82) is 0 Å². The van der Waals surface area contributed by atoms with E-state index < -0.39 is 18.0 Å². The molecule has 0 saturated carbocycles. The van der Waals surface area contributed by atoms with E-state index in [1.165, 1.54) is 30.5 Å². The SMILES string of the molecule is Cc1nc(C)c(C(=O)O[C@@H](C)C(=O)Nc2ncc(Cl)cc2Cl)s1. The van der Waals surface area contributed by atoms with Gasteiger partial charge in [0, 0.05) is 6.20 Å². The van der Waals surface area contributed by atoms with Gasteiger partial charge in [-0.3, -0.25) is 4.79 Å². The number of rotatable bonds is 4. The van der Waals surface area contributed by atoms with Crippen molar-refractivity contribution in [2.75, 3.05) is 5.32 Å². The number of esters is 1. The van der Waals surface area contributed by atoms with Crippen LogP contribution in [0.1, 0.15) is 27.3 Å². The summed E-state index contributed by atoms with van der Waals surface area (Å²) in [6.45, 7) is 4.96. The number of ether oxygens (including phenoxy) is 1. The maximum absolute atomic E-state index is 12.1. The van der Waals surface area contributed by atoms with Gasteiger partial charge in [0.05, 0.1) is 20.7 Å². The zero-order valence-corrected chi connectivity index (χ0v) is 14.8. The molecule has 0 unspecified atom stereocenters. The molecular weight excluding hydrogens is 361 g/mol. The number of amides is 1. The molecule has 0 aromatic carbocycles. The van der Waals surface area contributed by atoms with Crippen LogP contribution < -0.4 is 5.32 Å². The van der Waals surface area contributed by atoms with Crippen LogP contribution >= 0.6 is 34.5 Å². The highest BCUT2D eigenvalue weighted by Crippen LogP contribution is 2.23. The number of nitrogens with one attached hydrogen (secondary N) is 1. The standard InChI is InChI=1S/C14H13Cl2N3O3S/c1-6-11(23-8(3)18-6)14(21)22-7(2)13(20)19-12-10(16)4-9(15)5-17-12/h4-5,7H,1-3H3,(H,17,19,20)/t7-/m0/s1. The van der Waals surface area contributed by atoms with Crippen molar-refractivity contribution in [3.8, 4) is 0 Å². The number of nitrogens with zero attached hydrogens (tertiary/aromatic N) is 2. The van der Waals surface area contributed by atoms with Crippen LogP contribution in [0.5, 0.6) is 0 Å². The van der Waals surface area contributed by atoms with Crippen molar-refractivity contribution in [2.45, 2.75) is 26.9 Å². The van der Waals surface area contributed by atoms with Gasteiger partial charge in [0.15, 0.2) is 11.9 Å². The number of anilines is 1. The Morgan fingerprint density at radius 3 is 2.61 bits per heavy atom. The summed E-state index contributed by atoms with van der Waals surface area (Å²) in [7, 11) is 0. The Morgan fingerprint density at radius 1 is 1.35 bits per heavy atom. The smallest absolute Gasteiger partial charge is 0.351 e. The minimum absolute atomic E-state index is 0.147. The first-order chi connectivity index (χ1) is 10.8. The molecule has 23 heavy (non-hydrogen) atoms. The number of carbonyl (C=O) groups is 2. The van der Waals surface area contributed by atoms with Gasteiger partial charge >= 0.3 is 5.97 Å². The zero-order chi connectivity index (χ0) is 17.1. The summed E-state index contributed by atoms with van der Waals surface area (Å²) in [4.78, 5) is 32.6. The van der Waals surface area contributed by atoms with Gasteiger partial charge in [-0.2, -0.15) is 0 Å². The van der Waals surface area contributed by atoms with Crippen LogP contribution in [0.2, 0.25) is 10.0 Å². The second-order valence-electron chi connectivity index (χ2n) is 4.67. The molecule has 0 fully saturated rings. The second-order valence-corrected chi connectivity index (χ2v) is 6.72. The second kappa shape index (κ2) is 7.25. The number of hydrogen-bond donors (Lipinski definition) is 1. The molecule has 0 aliphatic heterocycles. The van der Waals surface area contributed by atoms with Crippen molar-refractivity contribution in [3.05, 3.63) is 37.9 Å². The Balaban J connectivity index is 2.02. The van der Waals surface area contributed by atoms with E-state index in [4.69, 9.17) is 27.9 Å². The van der Waals surface area contributed by atoms with Crippen LogP contribution in [0, 0.1) is 13.8 Å². The molecule has 6 nitrogen and oxygen atoms in total. The number of thiazole rings is 1. The van der Waals surface area contributed by atoms with E-state index in [0.717, 1.165) is 5.01 Å². The van der Waals surface area contributed by atoms with E-state index in [0.29, 0.717) is 15.6 Å². The Morgan fingerprint density at radius 2 is 2.04 bits per heavy atom. The summed E-state index contributed by atoms with van der Waals surface area (Å²) in [5.74, 6) is -0.992. The van der Waals surface area contributed by atoms with Gasteiger partial charge in [-0.25, -0.2) is 14.8 Å². The van der Waals surface area contributed by atoms with Crippen LogP contribution in [-0.2, 0) is 9.53 Å². The molecule has 9 heteroatoms. The molecule has 2 aromatic heterocycles. The summed E-state index contributed by atoms with van der Waals surface area (Å²) in [5.41, 5.74) is 0.576. The van der Waals surface area contributed by atoms with E-state index in [2.05, 4.69) is 15.3 Å². The molecule has 0 radical (unpaired) electrons. The van der Waals surface area contributed by atoms with Gasteiger partial charge in [0.25, 0.3) is 5.91 Å². The number of pyridine rings is 1. The summed E-state index contributed by atoms with van der Waals surface area (Å²) < 4.78 is 5.15. The van der Waals surface area contributed by atoms with E-state index in [-0.39, 0.29) is 10.8 Å². The monoisotopic (exact) mass is 373 g/mol. The Labute approximate surface area is 146 Å². The molecule has 0 aliphatic carbocycles. The summed E-state index contributed by atoms with van der Waals surface area (Å²) in [6, 6.07) is 1.45. The Bertz CT molecular complexity index is 764. The van der Waals surface area contributed by atoms with Crippen LogP contribution in [0.4, 0.5) is 5.82 Å². The van der Waals surface area contributed by atoms with Gasteiger partial charge in [0.1, 0.15) is 4.88 Å². The first kappa shape index (κ1) is 17.7. The molecule has 1 amide bonds. The van der Waals surface area contributed by atoms with Crippen molar-refractivity contribution in [2.24, 2.45) is 0 Å². The highest BCUT2D eigenvalue weighted by molar-refractivity contribution is 7.13. The molecule has 2 rings (SSSR count). The van der Waals surface area contributed by atoms with E-state index in [1.807, 2.05) is 0 Å². The summed E-state index contributed by atoms with van der Waals surface area (Å²) in [5, 5.41) is 3.78. The first-order valence-electron chi connectivity index (χ1n) is 6.55. The van der Waals surface area contributed by atoms with Gasteiger partial charge < -0.3 is 10.1 Å². The summed E-state index contributed by atoms with van der Waals surface area (Å²) >= 11 is 12.9. The fourth-order valence-corrected chi connectivity index (χ4v) is 2.94. The molecular formula is C14H13Cl2N3O3S. The van der Waals surface area contributed by atoms with Crippen molar-refractivity contribution in [3.63, 3.8) is 0 Å². The van der Waals surface area contributed by atoms with E-state index >= 15 is 0 Å². The van der Waals surface area contributed by atoms with Crippen molar-refractivity contribution in [1.82, 2.24) is 9.97 Å². The molecule has 0 saturated heterocycles. The number of halogens is 2. The predicted octanol–water partition coefficient (Wildman–Crippen LogP) is 3.65. The number of aryl methyl sites for hydroxylation is 2. The predicted molar refractivity (Wildman–Crippen MR) is 89.4 cm³/mol. The minimum atomic E-state index is -1.02. The molecule has 0 aliphatic rings. The Hall–Kier alpha value is -1.70. The number of aromatic nitrogens is 2. The number of hydrogen-bond acceptors (Lipinski definition) is 6. The van der Waals surface area contributed by atoms with Gasteiger partial charge in [-0.1, -0.05) is 23.2 Å². The number of carbonyl (C=O) groups excluding carboxylic acids is 2. The molecule has 2 heterocycles. The van der Waals surface area contributed by atoms with Crippen LogP contribution in [0.3, 0.4) is 0 Å². The lowest BCUT2D eigenvalue weighted by Crippen LogP contribution is -2.30. The molecule has 0 bridgehead atoms. The lowest BCUT2D eigenvalue weighted by Gasteiger charge is -2.13. The average molecular weight is 374 g/mol. The molecule has 1 N–H and O–H groups in total. The van der Waals surface area contributed by atoms with E-state index in [1.54, 1.807) is 13.8 Å². The first-order valence-corrected chi connectivity index (χ1v) is 8.12. The largest absolute Gasteiger partial charge is 0.448 e. The fourth-order valence-electron chi connectivity index (χ4n) is 1.71. The maximum atomic E-state index is 12.1. The van der Waals surface area contributed by atoms with Gasteiger partial charge in [-0.15, -0.1) is 11.3 Å². The third-order valence-corrected chi connectivity index (χ3v) is 4.34. The third kappa shape index (κ3) is 4.40. The average Bonchev–Trinajstić information content (AvgIpc) is 2.80. The zero-order valence-electron chi connectivity index (χ0n) is 12.5. The highest BCUT2D eigenvalue weighted by Gasteiger charge is 2.23. The minimum Gasteiger partial charge on any atom is -0.448 e. The van der Waals surface area contributed by atoms with Crippen molar-refractivity contribution >= 4 is 52.2 Å². The van der Waals surface area contributed by atoms with Crippen LogP contribution in [0.25, 0.3) is 0 Å². The Kier molecular flexibility index (Phi) is 5.56. The molecule has 0 spiro atoms. The summed E-state index contributed by atoms with van der Waals surface area (Å²) in [6.07, 6.45) is 0.334. The normalized spacial score (nSPS) is 11.9. The van der Waals surface area contributed by atoms with Gasteiger partial charge in [0.2, 0.25) is 0 Å². The third-order valence-electron chi connectivity index (χ3n) is 2.79. The lowest BCUT2D eigenvalue weighted by atomic mass is 10.3.